The summed E-state index contributed by atoms with van der Waals surface area (Å²) in [6.07, 6.45) is 7.15. The molecule has 1 aromatic rings. The molecular formula is C21H30N2O. The van der Waals surface area contributed by atoms with Gasteiger partial charge in [0.2, 0.25) is 5.91 Å². The van der Waals surface area contributed by atoms with E-state index in [0.717, 1.165) is 13.0 Å². The van der Waals surface area contributed by atoms with Crippen LogP contribution in [-0.2, 0) is 16.6 Å². The van der Waals surface area contributed by atoms with Crippen molar-refractivity contribution in [3.63, 3.8) is 0 Å². The number of amides is 1. The van der Waals surface area contributed by atoms with Crippen molar-refractivity contribution >= 4 is 5.91 Å². The fourth-order valence-corrected chi connectivity index (χ4v) is 5.14. The van der Waals surface area contributed by atoms with Crippen LogP contribution >= 0.6 is 0 Å². The first-order chi connectivity index (χ1) is 11.6. The molecule has 1 aliphatic heterocycles. The van der Waals surface area contributed by atoms with Crippen molar-refractivity contribution in [1.29, 1.82) is 0 Å². The largest absolute Gasteiger partial charge is 0.345 e. The fourth-order valence-electron chi connectivity index (χ4n) is 5.14. The average Bonchev–Trinajstić information content (AvgIpc) is 3.31. The Morgan fingerprint density at radius 2 is 2.04 bits per heavy atom. The maximum Gasteiger partial charge on any atom is 0.226 e. The highest BCUT2D eigenvalue weighted by Crippen LogP contribution is 2.60. The first kappa shape index (κ1) is 16.1. The summed E-state index contributed by atoms with van der Waals surface area (Å²) in [7, 11) is 4.22. The summed E-state index contributed by atoms with van der Waals surface area (Å²) in [4.78, 5) is 17.5. The molecule has 4 rings (SSSR count). The molecule has 3 heteroatoms. The van der Waals surface area contributed by atoms with E-state index < -0.39 is 0 Å². The Morgan fingerprint density at radius 3 is 2.83 bits per heavy atom. The molecule has 1 heterocycles. The number of likely N-dealkylation sites (tertiary alicyclic amines) is 1. The van der Waals surface area contributed by atoms with E-state index in [2.05, 4.69) is 36.2 Å². The summed E-state index contributed by atoms with van der Waals surface area (Å²) in [5.74, 6) is 1.31. The molecule has 2 aliphatic carbocycles. The monoisotopic (exact) mass is 326 g/mol. The number of carbonyl (C=O) groups is 1. The molecule has 130 valence electrons. The van der Waals surface area contributed by atoms with Gasteiger partial charge in [0.15, 0.2) is 0 Å². The molecule has 0 bridgehead atoms. The molecule has 1 amide bonds. The summed E-state index contributed by atoms with van der Waals surface area (Å²) in [6, 6.07) is 8.83. The SMILES string of the molecule is CN1CCC(CN(C)C(=O)C2CC23CCCc2ccccc23)CC1. The predicted octanol–water partition coefficient (Wildman–Crippen LogP) is 3.08. The summed E-state index contributed by atoms with van der Waals surface area (Å²) >= 11 is 0. The molecule has 1 saturated carbocycles. The maximum atomic E-state index is 13.0. The van der Waals surface area contributed by atoms with E-state index in [0.29, 0.717) is 11.8 Å². The van der Waals surface area contributed by atoms with Crippen LogP contribution < -0.4 is 0 Å². The molecule has 3 nitrogen and oxygen atoms in total. The van der Waals surface area contributed by atoms with Crippen molar-refractivity contribution in [3.8, 4) is 0 Å². The topological polar surface area (TPSA) is 23.6 Å². The van der Waals surface area contributed by atoms with E-state index in [4.69, 9.17) is 0 Å². The van der Waals surface area contributed by atoms with Gasteiger partial charge in [0.25, 0.3) is 0 Å². The minimum Gasteiger partial charge on any atom is -0.345 e. The van der Waals surface area contributed by atoms with E-state index in [1.807, 2.05) is 11.9 Å². The van der Waals surface area contributed by atoms with Crippen molar-refractivity contribution in [2.75, 3.05) is 33.7 Å². The normalized spacial score (nSPS) is 30.2. The van der Waals surface area contributed by atoms with Gasteiger partial charge in [0.05, 0.1) is 0 Å². The van der Waals surface area contributed by atoms with Crippen LogP contribution in [0.2, 0.25) is 0 Å². The molecular weight excluding hydrogens is 296 g/mol. The van der Waals surface area contributed by atoms with Crippen LogP contribution in [-0.4, -0.2) is 49.4 Å². The maximum absolute atomic E-state index is 13.0. The van der Waals surface area contributed by atoms with E-state index in [-0.39, 0.29) is 11.3 Å². The van der Waals surface area contributed by atoms with Gasteiger partial charge in [0.1, 0.15) is 0 Å². The molecule has 0 N–H and O–H groups in total. The number of piperidine rings is 1. The zero-order valence-electron chi connectivity index (χ0n) is 15.1. The molecule has 2 fully saturated rings. The quantitative estimate of drug-likeness (QED) is 0.852. The van der Waals surface area contributed by atoms with Gasteiger partial charge in [0, 0.05) is 24.9 Å². The van der Waals surface area contributed by atoms with Crippen molar-refractivity contribution < 1.29 is 4.79 Å². The Morgan fingerprint density at radius 1 is 1.29 bits per heavy atom. The molecule has 0 aromatic heterocycles. The van der Waals surface area contributed by atoms with Crippen molar-refractivity contribution in [2.45, 2.75) is 43.9 Å². The standard InChI is InChI=1S/C21H30N2O/c1-22-12-9-16(10-13-22)15-23(2)20(24)19-14-21(19)11-5-7-17-6-3-4-8-18(17)21/h3-4,6,8,16,19H,5,7,9-15H2,1-2H3. The number of benzene rings is 1. The van der Waals surface area contributed by atoms with E-state index in [1.54, 1.807) is 0 Å². The van der Waals surface area contributed by atoms with Gasteiger partial charge in [-0.15, -0.1) is 0 Å². The van der Waals surface area contributed by atoms with E-state index in [9.17, 15) is 4.79 Å². The van der Waals surface area contributed by atoms with Crippen molar-refractivity contribution in [1.82, 2.24) is 9.80 Å². The molecule has 2 atom stereocenters. The smallest absolute Gasteiger partial charge is 0.226 e. The Bertz CT molecular complexity index is 620. The van der Waals surface area contributed by atoms with Gasteiger partial charge in [-0.1, -0.05) is 24.3 Å². The van der Waals surface area contributed by atoms with Crippen molar-refractivity contribution in [2.24, 2.45) is 11.8 Å². The number of nitrogens with zero attached hydrogens (tertiary/aromatic N) is 2. The van der Waals surface area contributed by atoms with Crippen LogP contribution in [0.1, 0.15) is 43.2 Å². The van der Waals surface area contributed by atoms with Crippen molar-refractivity contribution in [3.05, 3.63) is 35.4 Å². The fraction of sp³-hybridized carbons (Fsp3) is 0.667. The molecule has 2 unspecified atom stereocenters. The van der Waals surface area contributed by atoms with Gasteiger partial charge < -0.3 is 9.80 Å². The third kappa shape index (κ3) is 2.77. The first-order valence-corrected chi connectivity index (χ1v) is 9.62. The van der Waals surface area contributed by atoms with Gasteiger partial charge >= 0.3 is 0 Å². The van der Waals surface area contributed by atoms with Crippen LogP contribution in [0, 0.1) is 11.8 Å². The third-order valence-electron chi connectivity index (χ3n) is 6.74. The Balaban J connectivity index is 1.42. The number of hydrogen-bond donors (Lipinski definition) is 0. The molecule has 3 aliphatic rings. The zero-order chi connectivity index (χ0) is 16.7. The van der Waals surface area contributed by atoms with Crippen LogP contribution in [0.15, 0.2) is 24.3 Å². The van der Waals surface area contributed by atoms with Crippen LogP contribution in [0.25, 0.3) is 0 Å². The number of carbonyl (C=O) groups excluding carboxylic acids is 1. The second-order valence-corrected chi connectivity index (χ2v) is 8.39. The van der Waals surface area contributed by atoms with Gasteiger partial charge in [-0.25, -0.2) is 0 Å². The third-order valence-corrected chi connectivity index (χ3v) is 6.74. The van der Waals surface area contributed by atoms with E-state index >= 15 is 0 Å². The number of hydrogen-bond acceptors (Lipinski definition) is 2. The predicted molar refractivity (Wildman–Crippen MR) is 97.0 cm³/mol. The second-order valence-electron chi connectivity index (χ2n) is 8.39. The highest BCUT2D eigenvalue weighted by molar-refractivity contribution is 5.84. The first-order valence-electron chi connectivity index (χ1n) is 9.62. The van der Waals surface area contributed by atoms with Gasteiger partial charge in [-0.2, -0.15) is 0 Å². The lowest BCUT2D eigenvalue weighted by Gasteiger charge is -2.32. The molecule has 1 saturated heterocycles. The lowest BCUT2D eigenvalue weighted by atomic mass is 9.78. The van der Waals surface area contributed by atoms with Crippen LogP contribution in [0.3, 0.4) is 0 Å². The molecule has 24 heavy (non-hydrogen) atoms. The highest BCUT2D eigenvalue weighted by atomic mass is 16.2. The highest BCUT2D eigenvalue weighted by Gasteiger charge is 2.60. The lowest BCUT2D eigenvalue weighted by molar-refractivity contribution is -0.132. The average molecular weight is 326 g/mol. The summed E-state index contributed by atoms with van der Waals surface area (Å²) in [5.41, 5.74) is 3.13. The Labute approximate surface area is 146 Å². The number of aryl methyl sites for hydroxylation is 1. The second kappa shape index (κ2) is 6.18. The van der Waals surface area contributed by atoms with Crippen LogP contribution in [0.4, 0.5) is 0 Å². The lowest BCUT2D eigenvalue weighted by Crippen LogP contribution is -2.39. The molecule has 0 radical (unpaired) electrons. The summed E-state index contributed by atoms with van der Waals surface area (Å²) in [6.45, 7) is 3.29. The van der Waals surface area contributed by atoms with E-state index in [1.165, 1.54) is 56.3 Å². The number of rotatable bonds is 3. The van der Waals surface area contributed by atoms with Crippen LogP contribution in [0.5, 0.6) is 0 Å². The van der Waals surface area contributed by atoms with Gasteiger partial charge in [-0.3, -0.25) is 4.79 Å². The minimum absolute atomic E-state index is 0.174. The number of fused-ring (bicyclic) bond motifs is 2. The Kier molecular flexibility index (Phi) is 4.16. The minimum atomic E-state index is 0.174. The van der Waals surface area contributed by atoms with Gasteiger partial charge in [-0.05, 0) is 75.7 Å². The Hall–Kier alpha value is -1.35. The summed E-state index contributed by atoms with van der Waals surface area (Å²) in [5, 5.41) is 0. The zero-order valence-corrected chi connectivity index (χ0v) is 15.1. The summed E-state index contributed by atoms with van der Waals surface area (Å²) < 4.78 is 0. The molecule has 1 spiro atoms. The molecule has 1 aromatic carbocycles.